The second kappa shape index (κ2) is 9.63. The van der Waals surface area contributed by atoms with Crippen molar-refractivity contribution in [3.05, 3.63) is 107 Å². The third kappa shape index (κ3) is 4.90. The van der Waals surface area contributed by atoms with Crippen LogP contribution in [0.1, 0.15) is 11.1 Å². The largest absolute Gasteiger partial charge is 0.476 e. The summed E-state index contributed by atoms with van der Waals surface area (Å²) in [6.07, 6.45) is 5.76. The Morgan fingerprint density at radius 3 is 1.51 bits per heavy atom. The Labute approximate surface area is 204 Å². The topological polar surface area (TPSA) is 59.0 Å². The van der Waals surface area contributed by atoms with Crippen LogP contribution in [-0.4, -0.2) is 42.1 Å². The number of nitrogens with one attached hydrogen (secondary N) is 1. The van der Waals surface area contributed by atoms with Crippen LogP contribution in [0.4, 0.5) is 0 Å². The lowest BCUT2D eigenvalue weighted by Gasteiger charge is -2.03. The molecule has 0 spiro atoms. The molecule has 35 heavy (non-hydrogen) atoms. The Balaban J connectivity index is 1.27. The maximum atomic E-state index is 5.92. The summed E-state index contributed by atoms with van der Waals surface area (Å²) >= 11 is 0. The molecule has 4 aromatic rings. The van der Waals surface area contributed by atoms with E-state index in [1.54, 1.807) is 0 Å². The van der Waals surface area contributed by atoms with Crippen molar-refractivity contribution in [1.82, 2.24) is 4.98 Å². The number of fused-ring (bicyclic) bond motifs is 1. The highest BCUT2D eigenvalue weighted by atomic mass is 16.5. The highest BCUT2D eigenvalue weighted by molar-refractivity contribution is 6.09. The number of aromatic nitrogens is 1. The lowest BCUT2D eigenvalue weighted by atomic mass is 10.1. The minimum absolute atomic E-state index is 0.138. The molecule has 0 saturated heterocycles. The molecule has 1 N–H and O–H groups in total. The first-order chi connectivity index (χ1) is 17.3. The number of hydrogen-bond donors (Lipinski definition) is 1. The second-order valence-electron chi connectivity index (χ2n) is 9.03. The zero-order valence-electron chi connectivity index (χ0n) is 19.4. The maximum absolute atomic E-state index is 5.92. The normalized spacial score (nSPS) is 20.6. The highest BCUT2D eigenvalue weighted by Crippen LogP contribution is 2.14. The van der Waals surface area contributed by atoms with Gasteiger partial charge in [-0.3, -0.25) is 0 Å². The molecular weight excluding hydrogens is 434 g/mol. The van der Waals surface area contributed by atoms with Crippen LogP contribution in [0, 0.1) is 0 Å². The van der Waals surface area contributed by atoms with Crippen molar-refractivity contribution >= 4 is 34.7 Å². The first-order valence-corrected chi connectivity index (χ1v) is 12.1. The van der Waals surface area contributed by atoms with Crippen LogP contribution in [0.15, 0.2) is 94.9 Å². The van der Waals surface area contributed by atoms with Gasteiger partial charge in [-0.1, -0.05) is 84.9 Å². The monoisotopic (exact) mass is 461 g/mol. The van der Waals surface area contributed by atoms with E-state index in [0.29, 0.717) is 25.0 Å². The van der Waals surface area contributed by atoms with E-state index in [1.165, 1.54) is 11.1 Å². The van der Waals surface area contributed by atoms with Gasteiger partial charge in [0.2, 0.25) is 11.8 Å². The van der Waals surface area contributed by atoms with Crippen molar-refractivity contribution in [2.45, 2.75) is 24.9 Å². The van der Waals surface area contributed by atoms with Gasteiger partial charge >= 0.3 is 0 Å². The SMILES string of the molecule is C(/C1=N[C@H](Cc2ccccc2)CO1)=c1/[nH]/c(=C/C2=N[C@H](Cc3ccccc3)CO2)c2ccccc12. The zero-order valence-corrected chi connectivity index (χ0v) is 19.4. The number of H-pyrrole nitrogens is 1. The minimum Gasteiger partial charge on any atom is -0.476 e. The van der Waals surface area contributed by atoms with Gasteiger partial charge in [-0.05, 0) is 24.0 Å². The molecule has 0 saturated carbocycles. The summed E-state index contributed by atoms with van der Waals surface area (Å²) in [5, 5.41) is 4.20. The minimum atomic E-state index is 0.138. The molecule has 0 unspecified atom stereocenters. The summed E-state index contributed by atoms with van der Waals surface area (Å²) in [7, 11) is 0. The summed E-state index contributed by atoms with van der Waals surface area (Å²) in [6, 6.07) is 29.5. The van der Waals surface area contributed by atoms with Gasteiger partial charge in [0, 0.05) is 22.9 Å². The van der Waals surface area contributed by atoms with Gasteiger partial charge in [0.05, 0.1) is 22.8 Å². The number of benzene rings is 3. The van der Waals surface area contributed by atoms with E-state index in [-0.39, 0.29) is 12.1 Å². The first-order valence-electron chi connectivity index (χ1n) is 12.1. The fourth-order valence-corrected chi connectivity index (χ4v) is 4.72. The van der Waals surface area contributed by atoms with Crippen LogP contribution in [-0.2, 0) is 22.3 Å². The van der Waals surface area contributed by atoms with E-state index >= 15 is 0 Å². The van der Waals surface area contributed by atoms with E-state index in [1.807, 2.05) is 36.4 Å². The molecular formula is C30H27N3O2. The summed E-state index contributed by atoms with van der Waals surface area (Å²) in [5.74, 6) is 1.34. The molecule has 3 heterocycles. The zero-order chi connectivity index (χ0) is 23.5. The standard InChI is InChI=1S/C30H27N3O2/c1-3-9-21(10-4-1)15-23-19-34-29(31-23)17-27-25-13-7-8-14-26(25)28(33-27)18-30-32-24(20-35-30)16-22-11-5-2-6-12-22/h1-14,17-18,23-24,33H,15-16,19-20H2/b27-17-,28-18+/t23-,24-/m1/s1. The van der Waals surface area contributed by atoms with Crippen molar-refractivity contribution in [1.29, 1.82) is 0 Å². The fraction of sp³-hybridized carbons (Fsp3) is 0.200. The number of ether oxygens (including phenoxy) is 2. The first kappa shape index (κ1) is 21.4. The number of aliphatic imine (C=N–C) groups is 2. The Morgan fingerprint density at radius 2 is 1.06 bits per heavy atom. The van der Waals surface area contributed by atoms with Crippen LogP contribution in [0.2, 0.25) is 0 Å². The molecule has 1 aromatic heterocycles. The van der Waals surface area contributed by atoms with E-state index in [0.717, 1.165) is 34.3 Å². The summed E-state index contributed by atoms with van der Waals surface area (Å²) in [4.78, 5) is 13.2. The molecule has 5 heteroatoms. The Bertz CT molecular complexity index is 1390. The van der Waals surface area contributed by atoms with Crippen molar-refractivity contribution in [3.8, 4) is 0 Å². The van der Waals surface area contributed by atoms with E-state index in [4.69, 9.17) is 19.5 Å². The summed E-state index contributed by atoms with van der Waals surface area (Å²) in [5.41, 5.74) is 2.55. The van der Waals surface area contributed by atoms with Crippen molar-refractivity contribution in [3.63, 3.8) is 0 Å². The Kier molecular flexibility index (Phi) is 5.89. The van der Waals surface area contributed by atoms with Crippen LogP contribution in [0.3, 0.4) is 0 Å². The highest BCUT2D eigenvalue weighted by Gasteiger charge is 2.19. The molecule has 2 aliphatic rings. The van der Waals surface area contributed by atoms with Gasteiger partial charge in [-0.15, -0.1) is 0 Å². The van der Waals surface area contributed by atoms with E-state index in [9.17, 15) is 0 Å². The van der Waals surface area contributed by atoms with Crippen molar-refractivity contribution in [2.75, 3.05) is 13.2 Å². The van der Waals surface area contributed by atoms with Crippen LogP contribution >= 0.6 is 0 Å². The molecule has 5 nitrogen and oxygen atoms in total. The average Bonchev–Trinajstić information content (AvgIpc) is 3.61. The number of aromatic amines is 1. The van der Waals surface area contributed by atoms with Gasteiger partial charge < -0.3 is 14.5 Å². The summed E-state index contributed by atoms with van der Waals surface area (Å²) < 4.78 is 11.8. The molecule has 2 atom stereocenters. The smallest absolute Gasteiger partial charge is 0.211 e. The molecule has 0 bridgehead atoms. The van der Waals surface area contributed by atoms with Crippen molar-refractivity contribution in [2.24, 2.45) is 9.98 Å². The molecule has 0 fully saturated rings. The van der Waals surface area contributed by atoms with Gasteiger partial charge in [0.15, 0.2) is 0 Å². The van der Waals surface area contributed by atoms with Crippen molar-refractivity contribution < 1.29 is 9.47 Å². The van der Waals surface area contributed by atoms with Gasteiger partial charge in [-0.25, -0.2) is 9.98 Å². The summed E-state index contributed by atoms with van der Waals surface area (Å²) in [6.45, 7) is 1.21. The Hall–Kier alpha value is -4.12. The average molecular weight is 462 g/mol. The molecule has 6 rings (SSSR count). The second-order valence-corrected chi connectivity index (χ2v) is 9.03. The van der Waals surface area contributed by atoms with E-state index in [2.05, 4.69) is 65.6 Å². The third-order valence-corrected chi connectivity index (χ3v) is 6.41. The Morgan fingerprint density at radius 1 is 0.629 bits per heavy atom. The molecule has 174 valence electrons. The van der Waals surface area contributed by atoms with Gasteiger partial charge in [0.25, 0.3) is 0 Å². The maximum Gasteiger partial charge on any atom is 0.211 e. The van der Waals surface area contributed by atoms with Crippen LogP contribution in [0.5, 0.6) is 0 Å². The molecule has 0 radical (unpaired) electrons. The van der Waals surface area contributed by atoms with Crippen LogP contribution < -0.4 is 10.7 Å². The third-order valence-electron chi connectivity index (χ3n) is 6.41. The lowest BCUT2D eigenvalue weighted by Crippen LogP contribution is -2.14. The van der Waals surface area contributed by atoms with Gasteiger partial charge in [-0.2, -0.15) is 0 Å². The molecule has 3 aromatic carbocycles. The number of rotatable bonds is 6. The quantitative estimate of drug-likeness (QED) is 0.475. The predicted molar refractivity (Wildman–Crippen MR) is 141 cm³/mol. The van der Waals surface area contributed by atoms with Crippen LogP contribution in [0.25, 0.3) is 22.9 Å². The molecule has 2 aliphatic heterocycles. The fourth-order valence-electron chi connectivity index (χ4n) is 4.72. The van der Waals surface area contributed by atoms with E-state index < -0.39 is 0 Å². The predicted octanol–water partition coefficient (Wildman–Crippen LogP) is 3.81. The van der Waals surface area contributed by atoms with Gasteiger partial charge in [0.1, 0.15) is 13.2 Å². The number of hydrogen-bond acceptors (Lipinski definition) is 4. The molecule has 0 amide bonds. The number of nitrogens with zero attached hydrogens (tertiary/aromatic N) is 2. The lowest BCUT2D eigenvalue weighted by molar-refractivity contribution is 0.320. The molecule has 0 aliphatic carbocycles.